The number of benzene rings is 1. The minimum Gasteiger partial charge on any atom is -0.381 e. The third-order valence-electron chi connectivity index (χ3n) is 5.74. The number of rotatable bonds is 3. The highest BCUT2D eigenvalue weighted by molar-refractivity contribution is 5.85. The molecule has 0 spiro atoms. The van der Waals surface area contributed by atoms with Gasteiger partial charge in [-0.05, 0) is 24.5 Å². The van der Waals surface area contributed by atoms with Crippen LogP contribution in [0.25, 0.3) is 0 Å². The van der Waals surface area contributed by atoms with E-state index in [1.807, 2.05) is 0 Å². The molecule has 1 heterocycles. The van der Waals surface area contributed by atoms with Crippen molar-refractivity contribution in [2.75, 3.05) is 13.2 Å². The second-order valence-corrected chi connectivity index (χ2v) is 7.55. The van der Waals surface area contributed by atoms with Gasteiger partial charge in [-0.25, -0.2) is 0 Å². The molecule has 1 aliphatic heterocycles. The van der Waals surface area contributed by atoms with Crippen LogP contribution in [0.4, 0.5) is 13.2 Å². The van der Waals surface area contributed by atoms with Gasteiger partial charge in [-0.3, -0.25) is 4.79 Å². The fourth-order valence-corrected chi connectivity index (χ4v) is 4.17. The van der Waals surface area contributed by atoms with Gasteiger partial charge in [0.1, 0.15) is 5.60 Å². The molecule has 0 unspecified atom stereocenters. The van der Waals surface area contributed by atoms with E-state index in [-0.39, 0.29) is 18.4 Å². The van der Waals surface area contributed by atoms with Crippen molar-refractivity contribution < 1.29 is 27.8 Å². The highest BCUT2D eigenvalue weighted by atomic mass is 19.4. The molecular weight excluding hydrogens is 359 g/mol. The van der Waals surface area contributed by atoms with E-state index in [2.05, 4.69) is 5.32 Å². The third-order valence-corrected chi connectivity index (χ3v) is 5.74. The fourth-order valence-electron chi connectivity index (χ4n) is 4.17. The summed E-state index contributed by atoms with van der Waals surface area (Å²) in [7, 11) is 0. The molecule has 2 atom stereocenters. The van der Waals surface area contributed by atoms with Gasteiger partial charge in [0.25, 0.3) is 5.91 Å². The van der Waals surface area contributed by atoms with Gasteiger partial charge in [-0.2, -0.15) is 13.2 Å². The van der Waals surface area contributed by atoms with Crippen molar-refractivity contribution in [1.82, 2.24) is 5.32 Å². The summed E-state index contributed by atoms with van der Waals surface area (Å²) < 4.78 is 45.7. The lowest BCUT2D eigenvalue weighted by Gasteiger charge is -2.35. The minimum absolute atomic E-state index is 0.204. The Bertz CT molecular complexity index is 656. The zero-order valence-corrected chi connectivity index (χ0v) is 15.2. The van der Waals surface area contributed by atoms with Crippen LogP contribution < -0.4 is 5.32 Å². The molecule has 150 valence electrons. The predicted octanol–water partition coefficient (Wildman–Crippen LogP) is 3.78. The van der Waals surface area contributed by atoms with Crippen molar-refractivity contribution in [2.45, 2.75) is 68.7 Å². The van der Waals surface area contributed by atoms with Crippen molar-refractivity contribution in [3.63, 3.8) is 0 Å². The molecule has 1 saturated heterocycles. The SMILES string of the molecule is O=C(N[C@H]1CCCCC[C@H]1c1ccccc1C(F)(F)F)C1(O)CCOCC1. The largest absolute Gasteiger partial charge is 0.416 e. The molecule has 0 radical (unpaired) electrons. The molecular formula is C20H26F3NO3. The van der Waals surface area contributed by atoms with Crippen LogP contribution in [0.3, 0.4) is 0 Å². The minimum atomic E-state index is -4.43. The average Bonchev–Trinajstić information content (AvgIpc) is 2.87. The molecule has 1 amide bonds. The van der Waals surface area contributed by atoms with Crippen LogP contribution in [0.2, 0.25) is 0 Å². The van der Waals surface area contributed by atoms with Gasteiger partial charge in [0.2, 0.25) is 0 Å². The Morgan fingerprint density at radius 1 is 1.11 bits per heavy atom. The Balaban J connectivity index is 1.86. The molecule has 2 aliphatic rings. The van der Waals surface area contributed by atoms with E-state index in [9.17, 15) is 23.1 Å². The molecule has 2 N–H and O–H groups in total. The Labute approximate surface area is 157 Å². The van der Waals surface area contributed by atoms with E-state index in [0.717, 1.165) is 25.3 Å². The number of hydrogen-bond donors (Lipinski definition) is 2. The second-order valence-electron chi connectivity index (χ2n) is 7.55. The van der Waals surface area contributed by atoms with Crippen molar-refractivity contribution in [2.24, 2.45) is 0 Å². The Kier molecular flexibility index (Phi) is 6.11. The molecule has 0 aromatic heterocycles. The van der Waals surface area contributed by atoms with Gasteiger partial charge in [0.05, 0.1) is 5.56 Å². The summed E-state index contributed by atoms with van der Waals surface area (Å²) >= 11 is 0. The van der Waals surface area contributed by atoms with Gasteiger partial charge >= 0.3 is 6.18 Å². The van der Waals surface area contributed by atoms with Crippen LogP contribution in [0.1, 0.15) is 62.0 Å². The molecule has 0 bridgehead atoms. The van der Waals surface area contributed by atoms with E-state index >= 15 is 0 Å². The van der Waals surface area contributed by atoms with Crippen LogP contribution in [-0.4, -0.2) is 35.9 Å². The normalized spacial score (nSPS) is 26.2. The monoisotopic (exact) mass is 385 g/mol. The first-order chi connectivity index (χ1) is 12.8. The number of halogens is 3. The number of aliphatic hydroxyl groups is 1. The number of carbonyl (C=O) groups excluding carboxylic acids is 1. The van der Waals surface area contributed by atoms with E-state index in [1.54, 1.807) is 6.07 Å². The molecule has 1 aromatic rings. The summed E-state index contributed by atoms with van der Waals surface area (Å²) in [6.45, 7) is 0.601. The fraction of sp³-hybridized carbons (Fsp3) is 0.650. The molecule has 1 saturated carbocycles. The summed E-state index contributed by atoms with van der Waals surface area (Å²) in [4.78, 5) is 12.7. The van der Waals surface area contributed by atoms with Crippen LogP contribution in [0.15, 0.2) is 24.3 Å². The summed E-state index contributed by atoms with van der Waals surface area (Å²) in [5.41, 5.74) is -1.91. The van der Waals surface area contributed by atoms with Crippen molar-refractivity contribution in [3.8, 4) is 0 Å². The van der Waals surface area contributed by atoms with Gasteiger partial charge in [0, 0.05) is 38.0 Å². The number of carbonyl (C=O) groups is 1. The highest BCUT2D eigenvalue weighted by Crippen LogP contribution is 2.40. The first kappa shape index (κ1) is 20.1. The highest BCUT2D eigenvalue weighted by Gasteiger charge is 2.41. The lowest BCUT2D eigenvalue weighted by atomic mass is 9.83. The lowest BCUT2D eigenvalue weighted by molar-refractivity contribution is -0.150. The summed E-state index contributed by atoms with van der Waals surface area (Å²) in [6, 6.07) is 5.20. The zero-order valence-electron chi connectivity index (χ0n) is 15.2. The Morgan fingerprint density at radius 3 is 2.48 bits per heavy atom. The van der Waals surface area contributed by atoms with Gasteiger partial charge in [0.15, 0.2) is 0 Å². The van der Waals surface area contributed by atoms with Crippen molar-refractivity contribution in [3.05, 3.63) is 35.4 Å². The summed E-state index contributed by atoms with van der Waals surface area (Å²) in [6.07, 6.45) is -0.247. The van der Waals surface area contributed by atoms with E-state index in [1.165, 1.54) is 12.1 Å². The molecule has 3 rings (SSSR count). The average molecular weight is 385 g/mol. The van der Waals surface area contributed by atoms with E-state index in [0.29, 0.717) is 26.1 Å². The lowest BCUT2D eigenvalue weighted by Crippen LogP contribution is -2.54. The predicted molar refractivity (Wildman–Crippen MR) is 94.2 cm³/mol. The summed E-state index contributed by atoms with van der Waals surface area (Å²) in [5.74, 6) is -0.912. The topological polar surface area (TPSA) is 58.6 Å². The Morgan fingerprint density at radius 2 is 1.78 bits per heavy atom. The van der Waals surface area contributed by atoms with Crippen LogP contribution in [-0.2, 0) is 15.7 Å². The first-order valence-electron chi connectivity index (χ1n) is 9.58. The van der Waals surface area contributed by atoms with E-state index in [4.69, 9.17) is 4.74 Å². The molecule has 7 heteroatoms. The van der Waals surface area contributed by atoms with Crippen molar-refractivity contribution >= 4 is 5.91 Å². The zero-order chi connectivity index (χ0) is 19.5. The molecule has 4 nitrogen and oxygen atoms in total. The smallest absolute Gasteiger partial charge is 0.381 e. The number of amides is 1. The maximum Gasteiger partial charge on any atom is 0.416 e. The third kappa shape index (κ3) is 4.63. The maximum absolute atomic E-state index is 13.5. The number of nitrogens with one attached hydrogen (secondary N) is 1. The number of hydrogen-bond acceptors (Lipinski definition) is 3. The maximum atomic E-state index is 13.5. The van der Waals surface area contributed by atoms with Gasteiger partial charge < -0.3 is 15.2 Å². The molecule has 1 aliphatic carbocycles. The molecule has 2 fully saturated rings. The summed E-state index contributed by atoms with van der Waals surface area (Å²) in [5, 5.41) is 13.5. The van der Waals surface area contributed by atoms with Crippen molar-refractivity contribution in [1.29, 1.82) is 0 Å². The first-order valence-corrected chi connectivity index (χ1v) is 9.58. The van der Waals surface area contributed by atoms with Crippen LogP contribution in [0, 0.1) is 0 Å². The van der Waals surface area contributed by atoms with Crippen LogP contribution >= 0.6 is 0 Å². The number of alkyl halides is 3. The molecule has 1 aromatic carbocycles. The standard InChI is InChI=1S/C20H26F3NO3/c21-20(22,23)16-8-5-4-6-14(16)15-7-2-1-3-9-17(15)24-18(25)19(26)10-12-27-13-11-19/h4-6,8,15,17,26H,1-3,7,9-13H2,(H,24,25)/t15-,17-/m0/s1. The molecule has 27 heavy (non-hydrogen) atoms. The quantitative estimate of drug-likeness (QED) is 0.779. The second kappa shape index (κ2) is 8.19. The van der Waals surface area contributed by atoms with Gasteiger partial charge in [-0.1, -0.05) is 37.5 Å². The number of ether oxygens (including phenoxy) is 1. The van der Waals surface area contributed by atoms with E-state index < -0.39 is 35.2 Å². The van der Waals surface area contributed by atoms with Gasteiger partial charge in [-0.15, -0.1) is 0 Å². The van der Waals surface area contributed by atoms with Crippen LogP contribution in [0.5, 0.6) is 0 Å². The Hall–Kier alpha value is -1.60.